The number of ether oxygens (including phenoxy) is 2. The van der Waals surface area contributed by atoms with Crippen LogP contribution in [0.2, 0.25) is 0 Å². The zero-order valence-corrected chi connectivity index (χ0v) is 9.24. The molecule has 0 radical (unpaired) electrons. The highest BCUT2D eigenvalue weighted by atomic mass is 16.5. The van der Waals surface area contributed by atoms with Crippen LogP contribution >= 0.6 is 0 Å². The number of carbonyl (C=O) groups is 1. The minimum Gasteiger partial charge on any atom is -0.495 e. The van der Waals surface area contributed by atoms with Gasteiger partial charge in [-0.25, -0.2) is 0 Å². The van der Waals surface area contributed by atoms with Crippen molar-refractivity contribution in [1.29, 1.82) is 0 Å². The summed E-state index contributed by atoms with van der Waals surface area (Å²) in [5, 5.41) is 0. The molecule has 0 spiro atoms. The van der Waals surface area contributed by atoms with Gasteiger partial charge in [0.05, 0.1) is 20.8 Å². The second kappa shape index (κ2) is 5.79. The van der Waals surface area contributed by atoms with Gasteiger partial charge in [-0.15, -0.1) is 0 Å². The zero-order chi connectivity index (χ0) is 12.0. The highest BCUT2D eigenvalue weighted by Gasteiger charge is 2.10. The first-order valence-corrected chi connectivity index (χ1v) is 4.67. The van der Waals surface area contributed by atoms with E-state index >= 15 is 0 Å². The largest absolute Gasteiger partial charge is 0.495 e. The van der Waals surface area contributed by atoms with Crippen molar-refractivity contribution >= 4 is 6.29 Å². The first kappa shape index (κ1) is 12.1. The number of aldehydes is 1. The molecule has 0 saturated carbocycles. The molecule has 0 bridgehead atoms. The molecule has 0 aliphatic heterocycles. The minimum absolute atomic E-state index is 0.252. The normalized spacial score (nSPS) is 8.94. The van der Waals surface area contributed by atoms with Gasteiger partial charge in [0.2, 0.25) is 0 Å². The third-order valence-corrected chi connectivity index (χ3v) is 1.98. The summed E-state index contributed by atoms with van der Waals surface area (Å²) >= 11 is 0. The smallest absolute Gasteiger partial charge is 0.150 e. The van der Waals surface area contributed by atoms with E-state index in [9.17, 15) is 4.79 Å². The van der Waals surface area contributed by atoms with Crippen LogP contribution in [0.5, 0.6) is 11.5 Å². The molecule has 0 fully saturated rings. The zero-order valence-electron chi connectivity index (χ0n) is 9.24. The molecule has 2 N–H and O–H groups in total. The van der Waals surface area contributed by atoms with Gasteiger partial charge in [-0.05, 0) is 12.1 Å². The van der Waals surface area contributed by atoms with Gasteiger partial charge < -0.3 is 15.2 Å². The van der Waals surface area contributed by atoms with Gasteiger partial charge in [0.1, 0.15) is 23.3 Å². The van der Waals surface area contributed by atoms with Crippen LogP contribution in [-0.4, -0.2) is 27.1 Å². The average Bonchev–Trinajstić information content (AvgIpc) is 2.35. The molecule has 0 aliphatic rings. The van der Waals surface area contributed by atoms with Crippen LogP contribution in [0.15, 0.2) is 12.1 Å². The first-order valence-electron chi connectivity index (χ1n) is 4.67. The molecular formula is C12H13NO3. The summed E-state index contributed by atoms with van der Waals surface area (Å²) in [4.78, 5) is 10.7. The van der Waals surface area contributed by atoms with Crippen molar-refractivity contribution in [2.45, 2.75) is 0 Å². The van der Waals surface area contributed by atoms with Crippen LogP contribution in [0.4, 0.5) is 0 Å². The molecule has 0 atom stereocenters. The fraction of sp³-hybridized carbons (Fsp3) is 0.250. The second-order valence-corrected chi connectivity index (χ2v) is 2.92. The molecule has 0 saturated heterocycles. The molecule has 0 amide bonds. The van der Waals surface area contributed by atoms with Crippen molar-refractivity contribution < 1.29 is 14.3 Å². The van der Waals surface area contributed by atoms with Crippen LogP contribution < -0.4 is 15.2 Å². The van der Waals surface area contributed by atoms with E-state index < -0.39 is 0 Å². The summed E-state index contributed by atoms with van der Waals surface area (Å²) in [7, 11) is 3.02. The number of hydrogen-bond donors (Lipinski definition) is 1. The van der Waals surface area contributed by atoms with E-state index in [1.165, 1.54) is 14.2 Å². The lowest BCUT2D eigenvalue weighted by Gasteiger charge is -2.09. The van der Waals surface area contributed by atoms with Gasteiger partial charge in [0.15, 0.2) is 0 Å². The Bertz CT molecular complexity index is 418. The van der Waals surface area contributed by atoms with Crippen molar-refractivity contribution in [3.05, 3.63) is 23.3 Å². The lowest BCUT2D eigenvalue weighted by molar-refractivity contribution is 0.112. The summed E-state index contributed by atoms with van der Waals surface area (Å²) < 4.78 is 10.3. The Labute approximate surface area is 94.3 Å². The Kier molecular flexibility index (Phi) is 4.37. The maximum Gasteiger partial charge on any atom is 0.150 e. The molecule has 16 heavy (non-hydrogen) atoms. The number of nitrogens with two attached hydrogens (primary N) is 1. The molecule has 0 heterocycles. The molecule has 1 rings (SSSR count). The van der Waals surface area contributed by atoms with Crippen molar-refractivity contribution in [2.75, 3.05) is 20.8 Å². The van der Waals surface area contributed by atoms with Gasteiger partial charge >= 0.3 is 0 Å². The molecular weight excluding hydrogens is 206 g/mol. The molecule has 0 unspecified atom stereocenters. The second-order valence-electron chi connectivity index (χ2n) is 2.92. The summed E-state index contributed by atoms with van der Waals surface area (Å²) in [5.74, 6) is 6.58. The van der Waals surface area contributed by atoms with Crippen LogP contribution in [0, 0.1) is 11.8 Å². The number of hydrogen-bond acceptors (Lipinski definition) is 4. The third-order valence-electron chi connectivity index (χ3n) is 1.98. The minimum atomic E-state index is 0.252. The van der Waals surface area contributed by atoms with Gasteiger partial charge in [-0.3, -0.25) is 4.79 Å². The molecule has 84 valence electrons. The van der Waals surface area contributed by atoms with E-state index in [-0.39, 0.29) is 6.54 Å². The Balaban J connectivity index is 3.36. The molecule has 1 aromatic rings. The van der Waals surface area contributed by atoms with Crippen LogP contribution in [-0.2, 0) is 0 Å². The Morgan fingerprint density at radius 2 is 1.88 bits per heavy atom. The summed E-state index contributed by atoms with van der Waals surface area (Å²) in [6, 6.07) is 3.21. The number of carbonyl (C=O) groups excluding carboxylic acids is 1. The van der Waals surface area contributed by atoms with E-state index in [1.807, 2.05) is 0 Å². The van der Waals surface area contributed by atoms with E-state index in [1.54, 1.807) is 12.1 Å². The number of rotatable bonds is 3. The highest BCUT2D eigenvalue weighted by molar-refractivity contribution is 5.78. The van der Waals surface area contributed by atoms with E-state index in [2.05, 4.69) is 11.8 Å². The topological polar surface area (TPSA) is 61.5 Å². The van der Waals surface area contributed by atoms with E-state index in [4.69, 9.17) is 15.2 Å². The van der Waals surface area contributed by atoms with Crippen molar-refractivity contribution in [1.82, 2.24) is 0 Å². The summed E-state index contributed by atoms with van der Waals surface area (Å²) in [6.45, 7) is 0.252. The van der Waals surface area contributed by atoms with Gasteiger partial charge in [0, 0.05) is 5.56 Å². The predicted molar refractivity (Wildman–Crippen MR) is 60.9 cm³/mol. The molecule has 1 aromatic carbocycles. The maximum absolute atomic E-state index is 10.7. The molecule has 0 aromatic heterocycles. The van der Waals surface area contributed by atoms with Gasteiger partial charge in [-0.1, -0.05) is 11.8 Å². The Morgan fingerprint density at radius 1 is 1.31 bits per heavy atom. The predicted octanol–water partition coefficient (Wildman–Crippen LogP) is 0.826. The number of benzene rings is 1. The summed E-state index contributed by atoms with van der Waals surface area (Å²) in [5.41, 5.74) is 6.38. The fourth-order valence-electron chi connectivity index (χ4n) is 1.26. The monoisotopic (exact) mass is 219 g/mol. The van der Waals surface area contributed by atoms with Crippen LogP contribution in [0.25, 0.3) is 0 Å². The van der Waals surface area contributed by atoms with E-state index in [0.717, 1.165) is 6.29 Å². The highest BCUT2D eigenvalue weighted by Crippen LogP contribution is 2.28. The molecule has 4 heteroatoms. The molecule has 0 aliphatic carbocycles. The van der Waals surface area contributed by atoms with Crippen molar-refractivity contribution in [3.8, 4) is 23.3 Å². The van der Waals surface area contributed by atoms with Crippen molar-refractivity contribution in [3.63, 3.8) is 0 Å². The third kappa shape index (κ3) is 2.53. The van der Waals surface area contributed by atoms with Crippen LogP contribution in [0.1, 0.15) is 15.9 Å². The Hall–Kier alpha value is -1.99. The fourth-order valence-corrected chi connectivity index (χ4v) is 1.26. The number of methoxy groups -OCH3 is 2. The molecule has 4 nitrogen and oxygen atoms in total. The first-order chi connectivity index (χ1) is 7.76. The quantitative estimate of drug-likeness (QED) is 0.604. The lowest BCUT2D eigenvalue weighted by atomic mass is 10.1. The average molecular weight is 219 g/mol. The van der Waals surface area contributed by atoms with E-state index in [0.29, 0.717) is 22.6 Å². The van der Waals surface area contributed by atoms with Crippen LogP contribution in [0.3, 0.4) is 0 Å². The Morgan fingerprint density at radius 3 is 2.25 bits per heavy atom. The standard InChI is InChI=1S/C12H13NO3/c1-15-11-6-9(8-14)7-12(16-2)10(11)4-3-5-13/h6-8H,5,13H2,1-2H3. The van der Waals surface area contributed by atoms with Crippen molar-refractivity contribution in [2.24, 2.45) is 5.73 Å². The van der Waals surface area contributed by atoms with Gasteiger partial charge in [0.25, 0.3) is 0 Å². The van der Waals surface area contributed by atoms with Gasteiger partial charge in [-0.2, -0.15) is 0 Å². The SMILES string of the molecule is COc1cc(C=O)cc(OC)c1C#CCN. The maximum atomic E-state index is 10.7. The summed E-state index contributed by atoms with van der Waals surface area (Å²) in [6.07, 6.45) is 0.727. The lowest BCUT2D eigenvalue weighted by Crippen LogP contribution is -1.97.